The Bertz CT molecular complexity index is 791. The van der Waals surface area contributed by atoms with E-state index in [1.165, 1.54) is 45.2 Å². The number of carbonyl (C=O) groups excluding carboxylic acids is 1. The van der Waals surface area contributed by atoms with Gasteiger partial charge in [-0.15, -0.1) is 0 Å². The molecule has 2 saturated carbocycles. The monoisotopic (exact) mass is 452 g/mol. The van der Waals surface area contributed by atoms with Gasteiger partial charge in [0.1, 0.15) is 5.75 Å². The van der Waals surface area contributed by atoms with E-state index in [0.29, 0.717) is 17.6 Å². The zero-order chi connectivity index (χ0) is 23.6. The van der Waals surface area contributed by atoms with E-state index in [4.69, 9.17) is 14.6 Å². The smallest absolute Gasteiger partial charge is 0.378 e. The molecule has 3 unspecified atom stereocenters. The van der Waals surface area contributed by atoms with Crippen LogP contribution in [0, 0.1) is 29.6 Å². The fourth-order valence-corrected chi connectivity index (χ4v) is 5.28. The normalized spacial score (nSPS) is 26.6. The van der Waals surface area contributed by atoms with Crippen molar-refractivity contribution in [1.29, 1.82) is 0 Å². The highest BCUT2D eigenvalue weighted by molar-refractivity contribution is 5.90. The third kappa shape index (κ3) is 5.59. The molecule has 0 spiro atoms. The van der Waals surface area contributed by atoms with Crippen molar-refractivity contribution in [2.45, 2.75) is 77.9 Å². The van der Waals surface area contributed by atoms with E-state index in [9.17, 15) is 18.4 Å². The Morgan fingerprint density at radius 1 is 0.969 bits per heavy atom. The van der Waals surface area contributed by atoms with Crippen LogP contribution in [-0.2, 0) is 9.53 Å². The fraction of sp³-hybridized carbons (Fsp3) is 0.680. The molecule has 0 heterocycles. The molecule has 0 aliphatic heterocycles. The molecule has 0 amide bonds. The number of hydrogen-bond acceptors (Lipinski definition) is 4. The van der Waals surface area contributed by atoms with E-state index in [1.807, 2.05) is 0 Å². The first-order chi connectivity index (χ1) is 15.0. The molecule has 0 aromatic heterocycles. The molecule has 2 aliphatic rings. The molecular formula is C25H34F2O5. The van der Waals surface area contributed by atoms with Crippen LogP contribution >= 0.6 is 0 Å². The average molecular weight is 453 g/mol. The van der Waals surface area contributed by atoms with Crippen molar-refractivity contribution >= 4 is 11.9 Å². The maximum absolute atomic E-state index is 13.9. The molecule has 5 nitrogen and oxygen atoms in total. The van der Waals surface area contributed by atoms with E-state index in [1.54, 1.807) is 12.1 Å². The minimum atomic E-state index is -4.17. The molecular weight excluding hydrogens is 418 g/mol. The summed E-state index contributed by atoms with van der Waals surface area (Å²) in [5, 5.41) is 8.78. The first-order valence-electron chi connectivity index (χ1n) is 11.6. The molecule has 1 aromatic carbocycles. The molecule has 3 rings (SSSR count). The van der Waals surface area contributed by atoms with Gasteiger partial charge in [0.25, 0.3) is 0 Å². The highest BCUT2D eigenvalue weighted by atomic mass is 19.3. The number of ether oxygens (including phenoxy) is 2. The van der Waals surface area contributed by atoms with Crippen molar-refractivity contribution in [2.75, 3.05) is 0 Å². The van der Waals surface area contributed by atoms with Crippen molar-refractivity contribution in [3.63, 3.8) is 0 Å². The van der Waals surface area contributed by atoms with Crippen LogP contribution in [0.5, 0.6) is 5.75 Å². The zero-order valence-corrected chi connectivity index (χ0v) is 19.2. The van der Waals surface area contributed by atoms with Crippen LogP contribution in [0.15, 0.2) is 24.3 Å². The zero-order valence-electron chi connectivity index (χ0n) is 19.2. The summed E-state index contributed by atoms with van der Waals surface area (Å²) < 4.78 is 38.9. The van der Waals surface area contributed by atoms with Crippen LogP contribution in [-0.4, -0.2) is 35.2 Å². The second kappa shape index (κ2) is 9.75. The summed E-state index contributed by atoms with van der Waals surface area (Å²) in [6.07, 6.45) is 3.96. The molecule has 2 fully saturated rings. The van der Waals surface area contributed by atoms with Gasteiger partial charge in [0.05, 0.1) is 11.7 Å². The molecule has 1 aromatic rings. The molecule has 3 atom stereocenters. The number of alkyl halides is 2. The minimum Gasteiger partial charge on any atom is -0.490 e. The fourth-order valence-electron chi connectivity index (χ4n) is 5.28. The lowest BCUT2D eigenvalue weighted by Crippen LogP contribution is -2.47. The molecule has 1 N–H and O–H groups in total. The van der Waals surface area contributed by atoms with Gasteiger partial charge in [0.15, 0.2) is 6.10 Å². The molecule has 2 bridgehead atoms. The third-order valence-electron chi connectivity index (χ3n) is 6.95. The second-order valence-corrected chi connectivity index (χ2v) is 10.2. The number of esters is 1. The van der Waals surface area contributed by atoms with E-state index < -0.39 is 29.9 Å². The van der Waals surface area contributed by atoms with Crippen molar-refractivity contribution in [1.82, 2.24) is 0 Å². The molecule has 32 heavy (non-hydrogen) atoms. The van der Waals surface area contributed by atoms with E-state index in [2.05, 4.69) is 13.8 Å². The average Bonchev–Trinajstić information content (AvgIpc) is 2.71. The Kier molecular flexibility index (Phi) is 7.46. The standard InChI is InChI=1S/C25H34F2O5/c1-14(2)19-10-16-9-17(11-19)13-21(12-16)31-20-7-5-18(6-8-20)23(28)32-22(15(3)4)25(26,27)24(29)30/h5-8,14-17,19,21-22H,9-13H2,1-4H3,(H,29,30). The molecule has 2 aliphatic carbocycles. The largest absolute Gasteiger partial charge is 0.490 e. The van der Waals surface area contributed by atoms with Gasteiger partial charge in [-0.25, -0.2) is 9.59 Å². The highest BCUT2D eigenvalue weighted by Gasteiger charge is 2.51. The van der Waals surface area contributed by atoms with E-state index >= 15 is 0 Å². The molecule has 178 valence electrons. The lowest BCUT2D eigenvalue weighted by atomic mass is 9.65. The Morgan fingerprint density at radius 2 is 1.53 bits per heavy atom. The third-order valence-corrected chi connectivity index (χ3v) is 6.95. The Hall–Kier alpha value is -2.18. The Balaban J connectivity index is 1.59. The summed E-state index contributed by atoms with van der Waals surface area (Å²) >= 11 is 0. The maximum Gasteiger partial charge on any atom is 0.378 e. The van der Waals surface area contributed by atoms with Gasteiger partial charge in [0.2, 0.25) is 0 Å². The van der Waals surface area contributed by atoms with Gasteiger partial charge in [-0.05, 0) is 86.0 Å². The lowest BCUT2D eigenvalue weighted by Gasteiger charge is -2.43. The maximum atomic E-state index is 13.9. The van der Waals surface area contributed by atoms with Crippen LogP contribution in [0.2, 0.25) is 0 Å². The number of fused-ring (bicyclic) bond motifs is 2. The second-order valence-electron chi connectivity index (χ2n) is 10.2. The number of rotatable bonds is 8. The Morgan fingerprint density at radius 3 is 2.00 bits per heavy atom. The van der Waals surface area contributed by atoms with Crippen molar-refractivity contribution in [3.8, 4) is 5.75 Å². The molecule has 7 heteroatoms. The van der Waals surface area contributed by atoms with Crippen molar-refractivity contribution in [2.24, 2.45) is 29.6 Å². The summed E-state index contributed by atoms with van der Waals surface area (Å²) in [7, 11) is 0. The number of carboxylic acids is 1. The SMILES string of the molecule is CC(C)C1CC2CC(CC(Oc3ccc(C(=O)OC(C(C)C)C(F)(F)C(=O)O)cc3)C2)C1. The summed E-state index contributed by atoms with van der Waals surface area (Å²) in [5.41, 5.74) is 0.0736. The number of hydrogen-bond donors (Lipinski definition) is 1. The number of benzene rings is 1. The highest BCUT2D eigenvalue weighted by Crippen LogP contribution is 2.45. The Labute approximate surface area is 188 Å². The summed E-state index contributed by atoms with van der Waals surface area (Å²) in [4.78, 5) is 23.2. The van der Waals surface area contributed by atoms with Gasteiger partial charge in [-0.3, -0.25) is 0 Å². The number of halogens is 2. The topological polar surface area (TPSA) is 72.8 Å². The first kappa shape index (κ1) is 24.5. The number of aliphatic carboxylic acids is 1. The number of carboxylic acid groups (broad SMARTS) is 1. The molecule has 0 saturated heterocycles. The van der Waals surface area contributed by atoms with Crippen LogP contribution in [0.4, 0.5) is 8.78 Å². The van der Waals surface area contributed by atoms with Gasteiger partial charge < -0.3 is 14.6 Å². The van der Waals surface area contributed by atoms with Gasteiger partial charge >= 0.3 is 17.9 Å². The van der Waals surface area contributed by atoms with Gasteiger partial charge in [-0.1, -0.05) is 27.7 Å². The quantitative estimate of drug-likeness (QED) is 0.503. The van der Waals surface area contributed by atoms with Crippen LogP contribution in [0.25, 0.3) is 0 Å². The predicted octanol–water partition coefficient (Wildman–Crippen LogP) is 5.82. The van der Waals surface area contributed by atoms with Gasteiger partial charge in [-0.2, -0.15) is 8.78 Å². The van der Waals surface area contributed by atoms with E-state index in [0.717, 1.165) is 24.7 Å². The van der Waals surface area contributed by atoms with Gasteiger partial charge in [0, 0.05) is 0 Å². The summed E-state index contributed by atoms with van der Waals surface area (Å²) in [6.45, 7) is 7.38. The summed E-state index contributed by atoms with van der Waals surface area (Å²) in [6, 6.07) is 6.20. The molecule has 0 radical (unpaired) electrons. The minimum absolute atomic E-state index is 0.0736. The van der Waals surface area contributed by atoms with Crippen LogP contribution in [0.3, 0.4) is 0 Å². The first-order valence-corrected chi connectivity index (χ1v) is 11.6. The van der Waals surface area contributed by atoms with Crippen LogP contribution < -0.4 is 4.74 Å². The predicted molar refractivity (Wildman–Crippen MR) is 116 cm³/mol. The number of carbonyl (C=O) groups is 2. The summed E-state index contributed by atoms with van der Waals surface area (Å²) in [5.74, 6) is -4.80. The van der Waals surface area contributed by atoms with Crippen molar-refractivity contribution < 1.29 is 33.0 Å². The van der Waals surface area contributed by atoms with E-state index in [-0.39, 0.29) is 11.7 Å². The lowest BCUT2D eigenvalue weighted by molar-refractivity contribution is -0.187. The van der Waals surface area contributed by atoms with Crippen LogP contribution in [0.1, 0.15) is 70.2 Å². The van der Waals surface area contributed by atoms with Crippen molar-refractivity contribution in [3.05, 3.63) is 29.8 Å².